The zero-order chi connectivity index (χ0) is 18.0. The van der Waals surface area contributed by atoms with Gasteiger partial charge in [0.15, 0.2) is 0 Å². The van der Waals surface area contributed by atoms with Crippen LogP contribution in [0.25, 0.3) is 10.6 Å². The quantitative estimate of drug-likeness (QED) is 0.894. The van der Waals surface area contributed by atoms with Gasteiger partial charge in [0.25, 0.3) is 5.91 Å². The molecule has 6 heteroatoms. The Hall–Kier alpha value is -2.21. The number of nitrogens with zero attached hydrogens (tertiary/aromatic N) is 2. The van der Waals surface area contributed by atoms with Crippen LogP contribution in [0.15, 0.2) is 24.3 Å². The first-order valence-corrected chi connectivity index (χ1v) is 9.42. The van der Waals surface area contributed by atoms with Crippen molar-refractivity contribution in [1.82, 2.24) is 15.2 Å². The van der Waals surface area contributed by atoms with Crippen LogP contribution in [0.3, 0.4) is 0 Å². The van der Waals surface area contributed by atoms with Crippen LogP contribution in [-0.4, -0.2) is 40.8 Å². The molecule has 1 fully saturated rings. The number of amides is 2. The van der Waals surface area contributed by atoms with Gasteiger partial charge in [0, 0.05) is 35.5 Å². The predicted octanol–water partition coefficient (Wildman–Crippen LogP) is 3.17. The molecule has 1 N–H and O–H groups in total. The van der Waals surface area contributed by atoms with Crippen LogP contribution in [0.5, 0.6) is 0 Å². The normalized spacial score (nSPS) is 17.2. The van der Waals surface area contributed by atoms with Gasteiger partial charge in [0.1, 0.15) is 5.01 Å². The maximum atomic E-state index is 12.6. The average molecular weight is 357 g/mol. The molecule has 1 aliphatic rings. The minimum Gasteiger partial charge on any atom is -0.347 e. The van der Waals surface area contributed by atoms with Gasteiger partial charge in [0.05, 0.1) is 11.7 Å². The minimum atomic E-state index is -0.136. The Morgan fingerprint density at radius 3 is 2.88 bits per heavy atom. The van der Waals surface area contributed by atoms with Gasteiger partial charge in [-0.2, -0.15) is 0 Å². The highest BCUT2D eigenvalue weighted by molar-refractivity contribution is 7.15. The van der Waals surface area contributed by atoms with Crippen LogP contribution in [-0.2, 0) is 4.79 Å². The fourth-order valence-electron chi connectivity index (χ4n) is 3.01. The molecule has 2 aromatic rings. The Bertz CT molecular complexity index is 780. The summed E-state index contributed by atoms with van der Waals surface area (Å²) in [5, 5.41) is 3.92. The molecule has 1 atom stereocenters. The van der Waals surface area contributed by atoms with E-state index in [4.69, 9.17) is 0 Å². The van der Waals surface area contributed by atoms with Crippen molar-refractivity contribution in [2.75, 3.05) is 13.1 Å². The van der Waals surface area contributed by atoms with Crippen LogP contribution in [0.1, 0.15) is 40.7 Å². The number of hydrogen-bond donors (Lipinski definition) is 1. The van der Waals surface area contributed by atoms with E-state index in [1.165, 1.54) is 4.88 Å². The minimum absolute atomic E-state index is 0.112. The second-order valence-electron chi connectivity index (χ2n) is 6.46. The van der Waals surface area contributed by atoms with Crippen molar-refractivity contribution in [3.8, 4) is 10.6 Å². The molecule has 0 unspecified atom stereocenters. The molecule has 25 heavy (non-hydrogen) atoms. The van der Waals surface area contributed by atoms with Crippen molar-refractivity contribution in [2.45, 2.75) is 39.7 Å². The van der Waals surface area contributed by atoms with Crippen LogP contribution < -0.4 is 5.32 Å². The van der Waals surface area contributed by atoms with Gasteiger partial charge in [-0.25, -0.2) is 4.98 Å². The standard InChI is InChI=1S/C19H23N3O2S/c1-4-8-22-11-16(10-17(22)23)21-18(24)14-6-5-7-15(9-14)19-20-12(2)13(3)25-19/h5-7,9,16H,4,8,10-11H2,1-3H3,(H,21,24)/t16-/m1/s1. The summed E-state index contributed by atoms with van der Waals surface area (Å²) in [5.41, 5.74) is 2.57. The van der Waals surface area contributed by atoms with E-state index >= 15 is 0 Å². The van der Waals surface area contributed by atoms with Gasteiger partial charge in [-0.05, 0) is 32.4 Å². The van der Waals surface area contributed by atoms with E-state index in [0.29, 0.717) is 18.5 Å². The SMILES string of the molecule is CCCN1C[C@H](NC(=O)c2cccc(-c3nc(C)c(C)s3)c2)CC1=O. The molecule has 0 bridgehead atoms. The van der Waals surface area contributed by atoms with Crippen molar-refractivity contribution in [3.05, 3.63) is 40.4 Å². The maximum Gasteiger partial charge on any atom is 0.251 e. The summed E-state index contributed by atoms with van der Waals surface area (Å²) in [6.45, 7) is 7.44. The van der Waals surface area contributed by atoms with E-state index in [1.807, 2.05) is 43.9 Å². The summed E-state index contributed by atoms with van der Waals surface area (Å²) >= 11 is 1.63. The Morgan fingerprint density at radius 1 is 1.40 bits per heavy atom. The van der Waals surface area contributed by atoms with Crippen molar-refractivity contribution < 1.29 is 9.59 Å². The molecule has 1 saturated heterocycles. The predicted molar refractivity (Wildman–Crippen MR) is 99.8 cm³/mol. The lowest BCUT2D eigenvalue weighted by Crippen LogP contribution is -2.37. The summed E-state index contributed by atoms with van der Waals surface area (Å²) in [6.07, 6.45) is 1.32. The molecule has 1 aromatic heterocycles. The molecular formula is C19H23N3O2S. The van der Waals surface area contributed by atoms with E-state index in [2.05, 4.69) is 10.3 Å². The molecule has 5 nitrogen and oxygen atoms in total. The van der Waals surface area contributed by atoms with Gasteiger partial charge in [-0.1, -0.05) is 19.1 Å². The summed E-state index contributed by atoms with van der Waals surface area (Å²) in [5.74, 6) is -0.0161. The highest BCUT2D eigenvalue weighted by Crippen LogP contribution is 2.27. The number of rotatable bonds is 5. The first kappa shape index (κ1) is 17.6. The smallest absolute Gasteiger partial charge is 0.251 e. The lowest BCUT2D eigenvalue weighted by Gasteiger charge is -2.16. The second-order valence-corrected chi connectivity index (χ2v) is 7.66. The zero-order valence-corrected chi connectivity index (χ0v) is 15.7. The molecular weight excluding hydrogens is 334 g/mol. The Morgan fingerprint density at radius 2 is 2.20 bits per heavy atom. The van der Waals surface area contributed by atoms with Crippen LogP contribution in [0, 0.1) is 13.8 Å². The van der Waals surface area contributed by atoms with Gasteiger partial charge in [-0.3, -0.25) is 9.59 Å². The zero-order valence-electron chi connectivity index (χ0n) is 14.8. The van der Waals surface area contributed by atoms with Crippen molar-refractivity contribution >= 4 is 23.2 Å². The molecule has 0 saturated carbocycles. The third kappa shape index (κ3) is 3.90. The van der Waals surface area contributed by atoms with E-state index in [1.54, 1.807) is 17.4 Å². The van der Waals surface area contributed by atoms with Crippen molar-refractivity contribution in [2.24, 2.45) is 0 Å². The summed E-state index contributed by atoms with van der Waals surface area (Å²) < 4.78 is 0. The maximum absolute atomic E-state index is 12.6. The summed E-state index contributed by atoms with van der Waals surface area (Å²) in [6, 6.07) is 7.40. The number of likely N-dealkylation sites (tertiary alicyclic amines) is 1. The Kier molecular flexibility index (Phi) is 5.18. The number of aryl methyl sites for hydroxylation is 2. The van der Waals surface area contributed by atoms with E-state index in [9.17, 15) is 9.59 Å². The van der Waals surface area contributed by atoms with Crippen molar-refractivity contribution in [3.63, 3.8) is 0 Å². The Labute approximate surface area is 152 Å². The van der Waals surface area contributed by atoms with Gasteiger partial charge in [-0.15, -0.1) is 11.3 Å². The topological polar surface area (TPSA) is 62.3 Å². The summed E-state index contributed by atoms with van der Waals surface area (Å²) in [4.78, 5) is 32.1. The number of nitrogens with one attached hydrogen (secondary N) is 1. The number of carbonyl (C=O) groups is 2. The monoisotopic (exact) mass is 357 g/mol. The first-order chi connectivity index (χ1) is 12.0. The van der Waals surface area contributed by atoms with Crippen LogP contribution in [0.2, 0.25) is 0 Å². The lowest BCUT2D eigenvalue weighted by molar-refractivity contribution is -0.127. The van der Waals surface area contributed by atoms with Gasteiger partial charge >= 0.3 is 0 Å². The number of thiazole rings is 1. The molecule has 1 aromatic carbocycles. The van der Waals surface area contributed by atoms with E-state index in [-0.39, 0.29) is 17.9 Å². The molecule has 2 amide bonds. The average Bonchev–Trinajstić information content (AvgIpc) is 3.10. The third-order valence-corrected chi connectivity index (χ3v) is 5.57. The summed E-state index contributed by atoms with van der Waals surface area (Å²) in [7, 11) is 0. The molecule has 0 spiro atoms. The van der Waals surface area contributed by atoms with E-state index in [0.717, 1.165) is 29.2 Å². The number of hydrogen-bond acceptors (Lipinski definition) is 4. The lowest BCUT2D eigenvalue weighted by atomic mass is 10.1. The molecule has 0 radical (unpaired) electrons. The fourth-order valence-corrected chi connectivity index (χ4v) is 3.92. The molecule has 0 aliphatic carbocycles. The molecule has 3 rings (SSSR count). The third-order valence-electron chi connectivity index (χ3n) is 4.44. The molecule has 132 valence electrons. The second kappa shape index (κ2) is 7.35. The number of aromatic nitrogens is 1. The van der Waals surface area contributed by atoms with Crippen molar-refractivity contribution in [1.29, 1.82) is 0 Å². The number of benzene rings is 1. The van der Waals surface area contributed by atoms with Gasteiger partial charge < -0.3 is 10.2 Å². The van der Waals surface area contributed by atoms with Gasteiger partial charge in [0.2, 0.25) is 5.91 Å². The first-order valence-electron chi connectivity index (χ1n) is 8.61. The van der Waals surface area contributed by atoms with Crippen LogP contribution in [0.4, 0.5) is 0 Å². The highest BCUT2D eigenvalue weighted by Gasteiger charge is 2.30. The molecule has 1 aliphatic heterocycles. The highest BCUT2D eigenvalue weighted by atomic mass is 32.1. The molecule has 2 heterocycles. The Balaban J connectivity index is 1.71. The fraction of sp³-hybridized carbons (Fsp3) is 0.421. The number of carbonyl (C=O) groups excluding carboxylic acids is 2. The van der Waals surface area contributed by atoms with E-state index < -0.39 is 0 Å². The largest absolute Gasteiger partial charge is 0.347 e. The van der Waals surface area contributed by atoms with Crippen LogP contribution >= 0.6 is 11.3 Å².